The summed E-state index contributed by atoms with van der Waals surface area (Å²) in [5, 5.41) is 12.2. The third-order valence-electron chi connectivity index (χ3n) is 3.36. The van der Waals surface area contributed by atoms with E-state index < -0.39 is 0 Å². The number of rotatable bonds is 8. The van der Waals surface area contributed by atoms with E-state index in [2.05, 4.69) is 46.3 Å². The molecule has 2 heterocycles. The molecular weight excluding hydrogens is 238 g/mol. The number of nitrogens with one attached hydrogen (secondary N) is 1. The Morgan fingerprint density at radius 2 is 2.11 bits per heavy atom. The molecule has 0 aliphatic rings. The van der Waals surface area contributed by atoms with Crippen LogP contribution in [0.3, 0.4) is 0 Å². The number of aromatic nitrogens is 4. The fraction of sp³-hybridized carbons (Fsp3) is 0.571. The first-order chi connectivity index (χ1) is 9.33. The first-order valence-corrected chi connectivity index (χ1v) is 7.05. The molecule has 0 saturated carbocycles. The van der Waals surface area contributed by atoms with Gasteiger partial charge >= 0.3 is 0 Å². The molecule has 1 N–H and O–H groups in total. The lowest BCUT2D eigenvalue weighted by molar-refractivity contribution is 0.423. The van der Waals surface area contributed by atoms with E-state index in [9.17, 15) is 0 Å². The second-order valence-corrected chi connectivity index (χ2v) is 4.70. The standard InChI is InChI=1S/C14H23N5/c1-3-14(4-2)19-10-6-13(17-19)12-15-8-11-18-9-5-7-16-18/h5-7,9-10,14-15H,3-4,8,11-12H2,1-2H3. The Morgan fingerprint density at radius 3 is 2.79 bits per heavy atom. The molecule has 0 amide bonds. The quantitative estimate of drug-likeness (QED) is 0.741. The van der Waals surface area contributed by atoms with E-state index in [0.717, 1.165) is 38.2 Å². The van der Waals surface area contributed by atoms with Gasteiger partial charge in [0.2, 0.25) is 0 Å². The highest BCUT2D eigenvalue weighted by Gasteiger charge is 2.07. The van der Waals surface area contributed by atoms with E-state index in [0.29, 0.717) is 6.04 Å². The van der Waals surface area contributed by atoms with Crippen molar-refractivity contribution < 1.29 is 0 Å². The topological polar surface area (TPSA) is 47.7 Å². The van der Waals surface area contributed by atoms with Crippen LogP contribution in [0.4, 0.5) is 0 Å². The average molecular weight is 261 g/mol. The average Bonchev–Trinajstić information content (AvgIpc) is 3.08. The van der Waals surface area contributed by atoms with Crippen LogP contribution in [0.15, 0.2) is 30.7 Å². The van der Waals surface area contributed by atoms with Gasteiger partial charge in [0.05, 0.1) is 18.3 Å². The second kappa shape index (κ2) is 7.09. The zero-order chi connectivity index (χ0) is 13.5. The van der Waals surface area contributed by atoms with Gasteiger partial charge in [-0.25, -0.2) is 0 Å². The van der Waals surface area contributed by atoms with Crippen molar-refractivity contribution in [3.05, 3.63) is 36.4 Å². The zero-order valence-electron chi connectivity index (χ0n) is 11.8. The SMILES string of the molecule is CCC(CC)n1ccc(CNCCn2cccn2)n1. The van der Waals surface area contributed by atoms with Crippen LogP contribution in [0.25, 0.3) is 0 Å². The smallest absolute Gasteiger partial charge is 0.0762 e. The van der Waals surface area contributed by atoms with Crippen molar-refractivity contribution in [3.63, 3.8) is 0 Å². The zero-order valence-corrected chi connectivity index (χ0v) is 11.8. The van der Waals surface area contributed by atoms with E-state index in [-0.39, 0.29) is 0 Å². The van der Waals surface area contributed by atoms with E-state index in [1.165, 1.54) is 0 Å². The highest BCUT2D eigenvalue weighted by atomic mass is 15.3. The maximum absolute atomic E-state index is 4.62. The Bertz CT molecular complexity index is 456. The second-order valence-electron chi connectivity index (χ2n) is 4.70. The first kappa shape index (κ1) is 13.8. The highest BCUT2D eigenvalue weighted by Crippen LogP contribution is 2.14. The molecule has 0 atom stereocenters. The Hall–Kier alpha value is -1.62. The third kappa shape index (κ3) is 3.92. The van der Waals surface area contributed by atoms with Crippen molar-refractivity contribution in [3.8, 4) is 0 Å². The summed E-state index contributed by atoms with van der Waals surface area (Å²) in [5.41, 5.74) is 1.10. The summed E-state index contributed by atoms with van der Waals surface area (Å²) in [4.78, 5) is 0. The monoisotopic (exact) mass is 261 g/mol. The van der Waals surface area contributed by atoms with Gasteiger partial charge in [0.15, 0.2) is 0 Å². The molecule has 0 bridgehead atoms. The number of hydrogen-bond donors (Lipinski definition) is 1. The van der Waals surface area contributed by atoms with E-state index in [1.807, 2.05) is 16.9 Å². The molecule has 0 saturated heterocycles. The van der Waals surface area contributed by atoms with Crippen LogP contribution in [0.1, 0.15) is 38.4 Å². The molecule has 5 heteroatoms. The van der Waals surface area contributed by atoms with Gasteiger partial charge in [-0.2, -0.15) is 10.2 Å². The maximum Gasteiger partial charge on any atom is 0.0762 e. The van der Waals surface area contributed by atoms with Gasteiger partial charge in [-0.3, -0.25) is 9.36 Å². The van der Waals surface area contributed by atoms with Crippen LogP contribution in [-0.4, -0.2) is 26.1 Å². The van der Waals surface area contributed by atoms with Crippen molar-refractivity contribution in [2.75, 3.05) is 6.54 Å². The summed E-state index contributed by atoms with van der Waals surface area (Å²) < 4.78 is 4.01. The van der Waals surface area contributed by atoms with E-state index >= 15 is 0 Å². The summed E-state index contributed by atoms with van der Waals surface area (Å²) in [5.74, 6) is 0. The predicted molar refractivity (Wildman–Crippen MR) is 75.8 cm³/mol. The molecule has 2 aromatic heterocycles. The molecule has 0 aromatic carbocycles. The van der Waals surface area contributed by atoms with Gasteiger partial charge in [-0.05, 0) is 25.0 Å². The van der Waals surface area contributed by atoms with Crippen LogP contribution in [0, 0.1) is 0 Å². The van der Waals surface area contributed by atoms with Crippen molar-refractivity contribution in [1.82, 2.24) is 24.9 Å². The summed E-state index contributed by atoms with van der Waals surface area (Å²) in [6.07, 6.45) is 8.12. The minimum Gasteiger partial charge on any atom is -0.309 e. The van der Waals surface area contributed by atoms with Crippen LogP contribution >= 0.6 is 0 Å². The first-order valence-electron chi connectivity index (χ1n) is 7.05. The van der Waals surface area contributed by atoms with Gasteiger partial charge < -0.3 is 5.32 Å². The summed E-state index contributed by atoms with van der Waals surface area (Å²) in [7, 11) is 0. The van der Waals surface area contributed by atoms with Crippen LogP contribution < -0.4 is 5.32 Å². The van der Waals surface area contributed by atoms with Gasteiger partial charge in [-0.15, -0.1) is 0 Å². The number of nitrogens with zero attached hydrogens (tertiary/aromatic N) is 4. The Balaban J connectivity index is 1.74. The van der Waals surface area contributed by atoms with Crippen molar-refractivity contribution in [1.29, 1.82) is 0 Å². The summed E-state index contributed by atoms with van der Waals surface area (Å²) >= 11 is 0. The minimum absolute atomic E-state index is 0.526. The van der Waals surface area contributed by atoms with Gasteiger partial charge in [-0.1, -0.05) is 13.8 Å². The van der Waals surface area contributed by atoms with Gasteiger partial charge in [0.25, 0.3) is 0 Å². The fourth-order valence-corrected chi connectivity index (χ4v) is 2.18. The lowest BCUT2D eigenvalue weighted by Crippen LogP contribution is -2.20. The molecule has 0 aliphatic carbocycles. The molecule has 19 heavy (non-hydrogen) atoms. The minimum atomic E-state index is 0.526. The van der Waals surface area contributed by atoms with Crippen molar-refractivity contribution >= 4 is 0 Å². The molecule has 104 valence electrons. The Labute approximate surface area is 114 Å². The summed E-state index contributed by atoms with van der Waals surface area (Å²) in [6.45, 7) is 7.02. The van der Waals surface area contributed by atoms with Crippen LogP contribution in [-0.2, 0) is 13.1 Å². The lowest BCUT2D eigenvalue weighted by Gasteiger charge is -2.12. The van der Waals surface area contributed by atoms with Crippen molar-refractivity contribution in [2.24, 2.45) is 0 Å². The molecule has 0 aliphatic heterocycles. The predicted octanol–water partition coefficient (Wildman–Crippen LogP) is 2.23. The molecule has 5 nitrogen and oxygen atoms in total. The maximum atomic E-state index is 4.62. The Kier molecular flexibility index (Phi) is 5.15. The molecule has 0 radical (unpaired) electrons. The Morgan fingerprint density at radius 1 is 1.26 bits per heavy atom. The van der Waals surface area contributed by atoms with E-state index in [4.69, 9.17) is 0 Å². The number of hydrogen-bond acceptors (Lipinski definition) is 3. The van der Waals surface area contributed by atoms with Crippen LogP contribution in [0.5, 0.6) is 0 Å². The molecular formula is C14H23N5. The van der Waals surface area contributed by atoms with Gasteiger partial charge in [0, 0.05) is 31.7 Å². The molecule has 0 spiro atoms. The largest absolute Gasteiger partial charge is 0.309 e. The van der Waals surface area contributed by atoms with Crippen LogP contribution in [0.2, 0.25) is 0 Å². The summed E-state index contributed by atoms with van der Waals surface area (Å²) in [6, 6.07) is 4.56. The molecule has 2 aromatic rings. The third-order valence-corrected chi connectivity index (χ3v) is 3.36. The van der Waals surface area contributed by atoms with Crippen molar-refractivity contribution in [2.45, 2.75) is 45.8 Å². The normalized spacial score (nSPS) is 11.3. The van der Waals surface area contributed by atoms with Gasteiger partial charge in [0.1, 0.15) is 0 Å². The van der Waals surface area contributed by atoms with E-state index in [1.54, 1.807) is 6.20 Å². The fourth-order valence-electron chi connectivity index (χ4n) is 2.18. The molecule has 2 rings (SSSR count). The molecule has 0 unspecified atom stereocenters. The lowest BCUT2D eigenvalue weighted by atomic mass is 10.2. The molecule has 0 fully saturated rings. The highest BCUT2D eigenvalue weighted by molar-refractivity contribution is 4.99.